The molecule has 0 unspecified atom stereocenters. The molecule has 0 bridgehead atoms. The van der Waals surface area contributed by atoms with Gasteiger partial charge in [0.2, 0.25) is 5.28 Å². The lowest BCUT2D eigenvalue weighted by Crippen LogP contribution is -2.29. The van der Waals surface area contributed by atoms with E-state index in [9.17, 15) is 0 Å². The number of benzene rings is 6. The van der Waals surface area contributed by atoms with Gasteiger partial charge in [-0.1, -0.05) is 169 Å². The molecule has 0 fully saturated rings. The van der Waals surface area contributed by atoms with Crippen LogP contribution in [0.5, 0.6) is 0 Å². The van der Waals surface area contributed by atoms with Crippen LogP contribution in [0.3, 0.4) is 0 Å². The van der Waals surface area contributed by atoms with Crippen LogP contribution in [0, 0.1) is 0 Å². The zero-order valence-corrected chi connectivity index (χ0v) is 37.1. The molecule has 14 heteroatoms. The maximum atomic E-state index is 8.65. The Hall–Kier alpha value is -7.51. The first-order valence-electron chi connectivity index (χ1n) is 20.4. The molecular weight excluding hydrogens is 886 g/mol. The van der Waals surface area contributed by atoms with Gasteiger partial charge in [-0.05, 0) is 75.7 Å². The second-order valence-electron chi connectivity index (χ2n) is 14.4. The van der Waals surface area contributed by atoms with E-state index < -0.39 is 7.12 Å². The lowest BCUT2D eigenvalue weighted by atomic mass is 9.81. The summed E-state index contributed by atoms with van der Waals surface area (Å²) in [6.07, 6.45) is 7.21. The van der Waals surface area contributed by atoms with Crippen molar-refractivity contribution < 1.29 is 10.0 Å². The third-order valence-corrected chi connectivity index (χ3v) is 10.5. The van der Waals surface area contributed by atoms with Crippen molar-refractivity contribution >= 4 is 47.4 Å². The Labute approximate surface area is 396 Å². The summed E-state index contributed by atoms with van der Waals surface area (Å²) in [4.78, 5) is 35.6. The number of aromatic nitrogens is 8. The SMILES string of the molecule is Clc1cccc(-c2nc(-c3ccccc3)nc(-c3ccc(-c4cccnc4)cc3)n2)c1.Clc1nc(-c2ccccc2)nc(-c2ccc(-c3cccnc3)cc2)n1.OB(O)c1cccc(Cl)c1. The molecule has 0 spiro atoms. The maximum Gasteiger partial charge on any atom is 0.488 e. The van der Waals surface area contributed by atoms with E-state index in [1.165, 1.54) is 6.07 Å². The Morgan fingerprint density at radius 2 is 0.682 bits per heavy atom. The second-order valence-corrected chi connectivity index (χ2v) is 15.6. The van der Waals surface area contributed by atoms with Gasteiger partial charge in [0.15, 0.2) is 29.1 Å². The first-order chi connectivity index (χ1) is 32.3. The van der Waals surface area contributed by atoms with E-state index in [0.29, 0.717) is 44.6 Å². The van der Waals surface area contributed by atoms with Crippen molar-refractivity contribution in [3.05, 3.63) is 222 Å². The van der Waals surface area contributed by atoms with Crippen molar-refractivity contribution in [1.29, 1.82) is 0 Å². The van der Waals surface area contributed by atoms with Gasteiger partial charge in [0.05, 0.1) is 0 Å². The highest BCUT2D eigenvalue weighted by Crippen LogP contribution is 2.29. The van der Waals surface area contributed by atoms with Gasteiger partial charge in [-0.2, -0.15) is 9.97 Å². The van der Waals surface area contributed by atoms with Gasteiger partial charge >= 0.3 is 7.12 Å². The summed E-state index contributed by atoms with van der Waals surface area (Å²) >= 11 is 17.9. The molecule has 10 aromatic rings. The third-order valence-electron chi connectivity index (χ3n) is 9.81. The van der Waals surface area contributed by atoms with Crippen LogP contribution in [-0.4, -0.2) is 57.0 Å². The first kappa shape index (κ1) is 45.1. The minimum Gasteiger partial charge on any atom is -0.423 e. The third kappa shape index (κ3) is 12.0. The number of rotatable bonds is 8. The molecule has 2 N–H and O–H groups in total. The van der Waals surface area contributed by atoms with Crippen LogP contribution in [0.15, 0.2) is 207 Å². The van der Waals surface area contributed by atoms with Gasteiger partial charge in [-0.3, -0.25) is 9.97 Å². The van der Waals surface area contributed by atoms with E-state index in [4.69, 9.17) is 59.8 Å². The van der Waals surface area contributed by atoms with Crippen molar-refractivity contribution in [2.75, 3.05) is 0 Å². The molecule has 0 radical (unpaired) electrons. The molecule has 10 rings (SSSR count). The molecule has 0 aliphatic rings. The Morgan fingerprint density at radius 1 is 0.318 bits per heavy atom. The molecule has 0 saturated heterocycles. The Bertz CT molecular complexity index is 3140. The highest BCUT2D eigenvalue weighted by Gasteiger charge is 2.14. The van der Waals surface area contributed by atoms with Crippen molar-refractivity contribution in [3.8, 4) is 79.2 Å². The predicted octanol–water partition coefficient (Wildman–Crippen LogP) is 11.5. The molecule has 66 heavy (non-hydrogen) atoms. The minimum atomic E-state index is -1.43. The Kier molecular flexibility index (Phi) is 15.0. The van der Waals surface area contributed by atoms with Crippen LogP contribution in [0.25, 0.3) is 79.2 Å². The molecule has 0 aliphatic carbocycles. The quantitative estimate of drug-likeness (QED) is 0.141. The topological polar surface area (TPSA) is 144 Å². The van der Waals surface area contributed by atoms with E-state index in [1.807, 2.05) is 158 Å². The average molecular weight is 922 g/mol. The Morgan fingerprint density at radius 3 is 1.08 bits per heavy atom. The lowest BCUT2D eigenvalue weighted by molar-refractivity contribution is 0.426. The van der Waals surface area contributed by atoms with Gasteiger partial charge in [-0.25, -0.2) is 19.9 Å². The first-order valence-corrected chi connectivity index (χ1v) is 21.6. The second kappa shape index (κ2) is 21.9. The fourth-order valence-corrected chi connectivity index (χ4v) is 7.08. The van der Waals surface area contributed by atoms with Crippen LogP contribution < -0.4 is 5.46 Å². The number of hydrogen-bond donors (Lipinski definition) is 2. The fourth-order valence-electron chi connectivity index (χ4n) is 6.53. The smallest absolute Gasteiger partial charge is 0.423 e. The Balaban J connectivity index is 0.000000151. The molecule has 4 aromatic heterocycles. The fraction of sp³-hybridized carbons (Fsp3) is 0. The van der Waals surface area contributed by atoms with E-state index in [-0.39, 0.29) is 5.28 Å². The average Bonchev–Trinajstić information content (AvgIpc) is 3.37. The predicted molar refractivity (Wildman–Crippen MR) is 265 cm³/mol. The zero-order chi connectivity index (χ0) is 45.7. The van der Waals surface area contributed by atoms with Gasteiger partial charge in [0.1, 0.15) is 0 Å². The number of pyridine rings is 2. The highest BCUT2D eigenvalue weighted by molar-refractivity contribution is 6.59. The number of halogens is 3. The highest BCUT2D eigenvalue weighted by atomic mass is 35.5. The van der Waals surface area contributed by atoms with E-state index in [1.54, 1.807) is 30.6 Å². The summed E-state index contributed by atoms with van der Waals surface area (Å²) in [5.41, 5.74) is 9.19. The lowest BCUT2D eigenvalue weighted by Gasteiger charge is -2.09. The molecule has 0 atom stereocenters. The van der Waals surface area contributed by atoms with Crippen LogP contribution in [0.1, 0.15) is 0 Å². The summed E-state index contributed by atoms with van der Waals surface area (Å²) in [6, 6.07) is 57.7. The number of hydrogen-bond acceptors (Lipinski definition) is 10. The van der Waals surface area contributed by atoms with Crippen molar-refractivity contribution in [2.45, 2.75) is 0 Å². The molecule has 4 heterocycles. The molecule has 10 nitrogen and oxygen atoms in total. The number of nitrogens with zero attached hydrogens (tertiary/aromatic N) is 8. The van der Waals surface area contributed by atoms with Crippen molar-refractivity contribution in [1.82, 2.24) is 39.9 Å². The van der Waals surface area contributed by atoms with Gasteiger partial charge in [0.25, 0.3) is 0 Å². The van der Waals surface area contributed by atoms with E-state index >= 15 is 0 Å². The van der Waals surface area contributed by atoms with E-state index in [0.717, 1.165) is 50.1 Å². The van der Waals surface area contributed by atoms with Gasteiger partial charge in [0, 0.05) is 62.6 Å². The minimum absolute atomic E-state index is 0.181. The molecule has 6 aromatic carbocycles. The largest absolute Gasteiger partial charge is 0.488 e. The standard InChI is InChI=1S/C26H17ClN4.C20H13ClN4.C6H6BClO2/c27-23-10-4-8-21(16-23)26-30-24(19-6-2-1-3-7-19)29-25(31-26)20-13-11-18(12-14-20)22-9-5-15-28-17-22;21-20-24-18(15-5-2-1-3-6-15)23-19(25-20)16-10-8-14(9-11-16)17-7-4-12-22-13-17;8-6-3-1-2-5(4-6)7(9)10/h1-17H;1-13H;1-4,9-10H. The summed E-state index contributed by atoms with van der Waals surface area (Å²) < 4.78 is 0. The van der Waals surface area contributed by atoms with Crippen LogP contribution in [0.2, 0.25) is 15.3 Å². The molecular formula is C52H36BCl3N8O2. The summed E-state index contributed by atoms with van der Waals surface area (Å²) in [5, 5.41) is 18.6. The molecule has 0 amide bonds. The van der Waals surface area contributed by atoms with Crippen LogP contribution in [0.4, 0.5) is 0 Å². The molecule has 0 saturated carbocycles. The zero-order valence-electron chi connectivity index (χ0n) is 34.8. The summed E-state index contributed by atoms with van der Waals surface area (Å²) in [6.45, 7) is 0. The van der Waals surface area contributed by atoms with Crippen molar-refractivity contribution in [3.63, 3.8) is 0 Å². The van der Waals surface area contributed by atoms with E-state index in [2.05, 4.69) is 37.1 Å². The normalized spacial score (nSPS) is 10.5. The summed E-state index contributed by atoms with van der Waals surface area (Å²) in [5.74, 6) is 2.93. The monoisotopic (exact) mass is 920 g/mol. The summed E-state index contributed by atoms with van der Waals surface area (Å²) in [7, 11) is -1.43. The maximum absolute atomic E-state index is 8.65. The van der Waals surface area contributed by atoms with Gasteiger partial charge in [-0.15, -0.1) is 0 Å². The van der Waals surface area contributed by atoms with Crippen LogP contribution >= 0.6 is 34.8 Å². The van der Waals surface area contributed by atoms with Gasteiger partial charge < -0.3 is 10.0 Å². The molecule has 0 aliphatic heterocycles. The molecule has 320 valence electrons. The van der Waals surface area contributed by atoms with Crippen LogP contribution in [-0.2, 0) is 0 Å². The van der Waals surface area contributed by atoms with Crippen molar-refractivity contribution in [2.24, 2.45) is 0 Å².